The molecule has 0 radical (unpaired) electrons. The molecule has 0 unspecified atom stereocenters. The lowest BCUT2D eigenvalue weighted by Gasteiger charge is -2.16. The summed E-state index contributed by atoms with van der Waals surface area (Å²) < 4.78 is 0. The SMILES string of the molecule is CN(CCO)c1cc2cc(C(=O)O)ccc2cn1. The van der Waals surface area contributed by atoms with E-state index in [-0.39, 0.29) is 12.2 Å². The Hall–Kier alpha value is -2.14. The normalized spacial score (nSPS) is 10.6. The minimum absolute atomic E-state index is 0.0470. The van der Waals surface area contributed by atoms with Gasteiger partial charge in [0.25, 0.3) is 0 Å². The minimum Gasteiger partial charge on any atom is -0.478 e. The Bertz CT molecular complexity index is 583. The zero-order valence-corrected chi connectivity index (χ0v) is 10.00. The predicted octanol–water partition coefficient (Wildman–Crippen LogP) is 1.36. The van der Waals surface area contributed by atoms with Crippen molar-refractivity contribution >= 4 is 22.6 Å². The molecule has 0 aliphatic rings. The molecule has 0 spiro atoms. The van der Waals surface area contributed by atoms with Crippen molar-refractivity contribution in [1.29, 1.82) is 0 Å². The molecular weight excluding hydrogens is 232 g/mol. The number of hydrogen-bond acceptors (Lipinski definition) is 4. The molecule has 0 amide bonds. The Labute approximate surface area is 104 Å². The number of aromatic carboxylic acids is 1. The van der Waals surface area contributed by atoms with Gasteiger partial charge in [-0.1, -0.05) is 6.07 Å². The van der Waals surface area contributed by atoms with E-state index in [9.17, 15) is 4.79 Å². The summed E-state index contributed by atoms with van der Waals surface area (Å²) in [5.74, 6) is -0.238. The van der Waals surface area contributed by atoms with E-state index >= 15 is 0 Å². The van der Waals surface area contributed by atoms with Gasteiger partial charge in [-0.25, -0.2) is 9.78 Å². The molecule has 1 heterocycles. The van der Waals surface area contributed by atoms with Crippen LogP contribution in [0.3, 0.4) is 0 Å². The maximum absolute atomic E-state index is 10.9. The van der Waals surface area contributed by atoms with Gasteiger partial charge in [0.15, 0.2) is 0 Å². The number of anilines is 1. The molecule has 0 saturated carbocycles. The second-order valence-corrected chi connectivity index (χ2v) is 4.05. The number of pyridine rings is 1. The summed E-state index contributed by atoms with van der Waals surface area (Å²) in [6.07, 6.45) is 1.70. The first-order valence-electron chi connectivity index (χ1n) is 5.57. The van der Waals surface area contributed by atoms with Crippen molar-refractivity contribution in [1.82, 2.24) is 4.98 Å². The summed E-state index contributed by atoms with van der Waals surface area (Å²) in [5, 5.41) is 19.5. The molecule has 18 heavy (non-hydrogen) atoms. The summed E-state index contributed by atoms with van der Waals surface area (Å²) in [6, 6.07) is 6.73. The first kappa shape index (κ1) is 12.3. The molecule has 0 atom stereocenters. The van der Waals surface area contributed by atoms with Crippen LogP contribution in [-0.2, 0) is 0 Å². The average Bonchev–Trinajstić information content (AvgIpc) is 2.37. The standard InChI is InChI=1S/C13H14N2O3/c1-15(4-5-16)12-7-11-6-9(13(17)18)2-3-10(11)8-14-12/h2-3,6-8,16H,4-5H2,1H3,(H,17,18). The highest BCUT2D eigenvalue weighted by atomic mass is 16.4. The quantitative estimate of drug-likeness (QED) is 0.852. The van der Waals surface area contributed by atoms with Gasteiger partial charge < -0.3 is 15.1 Å². The Kier molecular flexibility index (Phi) is 3.43. The molecule has 1 aromatic carbocycles. The minimum atomic E-state index is -0.945. The third-order valence-electron chi connectivity index (χ3n) is 2.78. The Balaban J connectivity index is 2.45. The van der Waals surface area contributed by atoms with Crippen LogP contribution in [0.15, 0.2) is 30.5 Å². The van der Waals surface area contributed by atoms with E-state index in [1.54, 1.807) is 24.4 Å². The van der Waals surface area contributed by atoms with Crippen LogP contribution in [-0.4, -0.2) is 41.4 Å². The first-order valence-corrected chi connectivity index (χ1v) is 5.57. The topological polar surface area (TPSA) is 73.7 Å². The lowest BCUT2D eigenvalue weighted by molar-refractivity contribution is 0.0697. The maximum atomic E-state index is 10.9. The number of nitrogens with zero attached hydrogens (tertiary/aromatic N) is 2. The third kappa shape index (κ3) is 2.41. The van der Waals surface area contributed by atoms with Crippen molar-refractivity contribution in [2.75, 3.05) is 25.1 Å². The number of carboxylic acid groups (broad SMARTS) is 1. The van der Waals surface area contributed by atoms with Gasteiger partial charge in [-0.05, 0) is 23.6 Å². The van der Waals surface area contributed by atoms with Crippen LogP contribution >= 0.6 is 0 Å². The lowest BCUT2D eigenvalue weighted by Crippen LogP contribution is -2.21. The van der Waals surface area contributed by atoms with Crippen molar-refractivity contribution in [3.05, 3.63) is 36.0 Å². The van der Waals surface area contributed by atoms with E-state index in [0.717, 1.165) is 10.8 Å². The predicted molar refractivity (Wildman–Crippen MR) is 69.1 cm³/mol. The van der Waals surface area contributed by atoms with Crippen LogP contribution in [0.25, 0.3) is 10.8 Å². The average molecular weight is 246 g/mol. The number of carbonyl (C=O) groups is 1. The van der Waals surface area contributed by atoms with Crippen molar-refractivity contribution in [2.45, 2.75) is 0 Å². The highest BCUT2D eigenvalue weighted by Gasteiger charge is 2.06. The Morgan fingerprint density at radius 2 is 2.11 bits per heavy atom. The van der Waals surface area contributed by atoms with Crippen LogP contribution in [0.1, 0.15) is 10.4 Å². The van der Waals surface area contributed by atoms with E-state index in [4.69, 9.17) is 10.2 Å². The largest absolute Gasteiger partial charge is 0.478 e. The zero-order valence-electron chi connectivity index (χ0n) is 10.00. The van der Waals surface area contributed by atoms with Gasteiger partial charge in [-0.15, -0.1) is 0 Å². The van der Waals surface area contributed by atoms with Crippen LogP contribution in [0.4, 0.5) is 5.82 Å². The van der Waals surface area contributed by atoms with Crippen LogP contribution in [0.2, 0.25) is 0 Å². The number of benzene rings is 1. The highest BCUT2D eigenvalue weighted by molar-refractivity contribution is 5.94. The molecule has 0 aliphatic heterocycles. The number of fused-ring (bicyclic) bond motifs is 1. The van der Waals surface area contributed by atoms with Gasteiger partial charge in [-0.3, -0.25) is 0 Å². The van der Waals surface area contributed by atoms with Crippen molar-refractivity contribution in [3.63, 3.8) is 0 Å². The number of aliphatic hydroxyl groups is 1. The molecule has 5 heteroatoms. The molecule has 0 saturated heterocycles. The van der Waals surface area contributed by atoms with Gasteiger partial charge in [0.05, 0.1) is 12.2 Å². The summed E-state index contributed by atoms with van der Waals surface area (Å²) in [4.78, 5) is 17.0. The van der Waals surface area contributed by atoms with Gasteiger partial charge in [-0.2, -0.15) is 0 Å². The fraction of sp³-hybridized carbons (Fsp3) is 0.231. The molecule has 0 bridgehead atoms. The third-order valence-corrected chi connectivity index (χ3v) is 2.78. The van der Waals surface area contributed by atoms with E-state index in [2.05, 4.69) is 4.98 Å². The number of carboxylic acids is 1. The number of rotatable bonds is 4. The summed E-state index contributed by atoms with van der Waals surface area (Å²) >= 11 is 0. The molecule has 2 N–H and O–H groups in total. The second-order valence-electron chi connectivity index (χ2n) is 4.05. The number of aliphatic hydroxyl groups excluding tert-OH is 1. The molecule has 0 fully saturated rings. The molecule has 5 nitrogen and oxygen atoms in total. The number of aromatic nitrogens is 1. The van der Waals surface area contributed by atoms with E-state index in [1.165, 1.54) is 0 Å². The molecular formula is C13H14N2O3. The van der Waals surface area contributed by atoms with Gasteiger partial charge >= 0.3 is 5.97 Å². The molecule has 2 aromatic rings. The maximum Gasteiger partial charge on any atom is 0.335 e. The summed E-state index contributed by atoms with van der Waals surface area (Å²) in [5.41, 5.74) is 0.254. The molecule has 1 aromatic heterocycles. The van der Waals surface area contributed by atoms with Crippen LogP contribution in [0, 0.1) is 0 Å². The van der Waals surface area contributed by atoms with Gasteiger partial charge in [0, 0.05) is 25.2 Å². The van der Waals surface area contributed by atoms with Crippen LogP contribution < -0.4 is 4.90 Å². The first-order chi connectivity index (χ1) is 8.61. The summed E-state index contributed by atoms with van der Waals surface area (Å²) in [7, 11) is 1.82. The zero-order chi connectivity index (χ0) is 13.1. The van der Waals surface area contributed by atoms with E-state index in [0.29, 0.717) is 12.4 Å². The van der Waals surface area contributed by atoms with Crippen molar-refractivity contribution < 1.29 is 15.0 Å². The number of likely N-dealkylation sites (N-methyl/N-ethyl adjacent to an activating group) is 1. The smallest absolute Gasteiger partial charge is 0.335 e. The van der Waals surface area contributed by atoms with Gasteiger partial charge in [0.1, 0.15) is 5.82 Å². The number of hydrogen-bond donors (Lipinski definition) is 2. The second kappa shape index (κ2) is 5.01. The van der Waals surface area contributed by atoms with Crippen molar-refractivity contribution in [2.24, 2.45) is 0 Å². The van der Waals surface area contributed by atoms with Crippen molar-refractivity contribution in [3.8, 4) is 0 Å². The molecule has 2 rings (SSSR count). The highest BCUT2D eigenvalue weighted by Crippen LogP contribution is 2.20. The lowest BCUT2D eigenvalue weighted by atomic mass is 10.1. The molecule has 0 aliphatic carbocycles. The van der Waals surface area contributed by atoms with Gasteiger partial charge in [0.2, 0.25) is 0 Å². The summed E-state index contributed by atoms with van der Waals surface area (Å²) in [6.45, 7) is 0.530. The Morgan fingerprint density at radius 1 is 1.33 bits per heavy atom. The fourth-order valence-corrected chi connectivity index (χ4v) is 1.74. The van der Waals surface area contributed by atoms with E-state index in [1.807, 2.05) is 18.0 Å². The van der Waals surface area contributed by atoms with E-state index < -0.39 is 5.97 Å². The monoisotopic (exact) mass is 246 g/mol. The fourth-order valence-electron chi connectivity index (χ4n) is 1.74. The molecule has 94 valence electrons. The Morgan fingerprint density at radius 3 is 2.78 bits per heavy atom. The van der Waals surface area contributed by atoms with Crippen LogP contribution in [0.5, 0.6) is 0 Å².